The molecule has 3 N–H and O–H groups in total. The minimum Gasteiger partial charge on any atom is -0.380 e. The van der Waals surface area contributed by atoms with Crippen LogP contribution in [-0.4, -0.2) is 30.6 Å². The van der Waals surface area contributed by atoms with E-state index in [4.69, 9.17) is 10.5 Å². The number of aromatic nitrogens is 1. The van der Waals surface area contributed by atoms with E-state index in [2.05, 4.69) is 17.2 Å². The molecule has 90 valence electrons. The van der Waals surface area contributed by atoms with Crippen molar-refractivity contribution in [2.75, 3.05) is 19.0 Å². The number of carbonyl (C=O) groups is 1. The molecule has 0 radical (unpaired) electrons. The quantitative estimate of drug-likeness (QED) is 0.781. The van der Waals surface area contributed by atoms with Gasteiger partial charge in [-0.3, -0.25) is 4.79 Å². The van der Waals surface area contributed by atoms with Crippen molar-refractivity contribution in [3.05, 3.63) is 11.1 Å². The predicted molar refractivity (Wildman–Crippen MR) is 64.6 cm³/mol. The van der Waals surface area contributed by atoms with Gasteiger partial charge < -0.3 is 15.8 Å². The Labute approximate surface area is 99.0 Å². The number of methoxy groups -OCH3 is 1. The van der Waals surface area contributed by atoms with Gasteiger partial charge in [0, 0.05) is 24.7 Å². The van der Waals surface area contributed by atoms with Crippen molar-refractivity contribution in [2.45, 2.75) is 25.9 Å². The molecule has 1 heterocycles. The fourth-order valence-electron chi connectivity index (χ4n) is 1.17. The highest BCUT2D eigenvalue weighted by Crippen LogP contribution is 2.18. The smallest absolute Gasteiger partial charge is 0.228 e. The van der Waals surface area contributed by atoms with Gasteiger partial charge >= 0.3 is 0 Å². The molecular formula is C10H17N3O2S. The minimum atomic E-state index is -0.231. The van der Waals surface area contributed by atoms with Crippen molar-refractivity contribution in [1.29, 1.82) is 0 Å². The van der Waals surface area contributed by atoms with Crippen molar-refractivity contribution in [1.82, 2.24) is 4.98 Å². The van der Waals surface area contributed by atoms with Crippen LogP contribution in [0.4, 0.5) is 5.13 Å². The van der Waals surface area contributed by atoms with E-state index in [1.165, 1.54) is 11.3 Å². The van der Waals surface area contributed by atoms with Crippen LogP contribution in [0.2, 0.25) is 0 Å². The van der Waals surface area contributed by atoms with Gasteiger partial charge in [-0.1, -0.05) is 6.92 Å². The molecule has 1 amide bonds. The van der Waals surface area contributed by atoms with Gasteiger partial charge in [0.1, 0.15) is 0 Å². The van der Waals surface area contributed by atoms with E-state index in [0.29, 0.717) is 11.7 Å². The van der Waals surface area contributed by atoms with Crippen LogP contribution in [-0.2, 0) is 16.0 Å². The van der Waals surface area contributed by atoms with Crippen LogP contribution in [0, 0.1) is 0 Å². The second-order valence-electron chi connectivity index (χ2n) is 3.33. The van der Waals surface area contributed by atoms with Crippen LogP contribution in [0.15, 0.2) is 6.20 Å². The number of thiazole rings is 1. The molecule has 0 aromatic carbocycles. The van der Waals surface area contributed by atoms with Crippen LogP contribution >= 0.6 is 11.3 Å². The standard InChI is InChI=1S/C10H17N3O2S/c1-3-8-6-12-10(16-8)13-9(14)4-7(5-11)15-2/h6-7H,3-5,11H2,1-2H3,(H,12,13,14). The number of nitrogens with two attached hydrogens (primary N) is 1. The zero-order chi connectivity index (χ0) is 12.0. The topological polar surface area (TPSA) is 77.2 Å². The van der Waals surface area contributed by atoms with E-state index in [9.17, 15) is 4.79 Å². The van der Waals surface area contributed by atoms with Gasteiger partial charge in [0.25, 0.3) is 0 Å². The number of ether oxygens (including phenoxy) is 1. The van der Waals surface area contributed by atoms with E-state index in [0.717, 1.165) is 11.3 Å². The highest BCUT2D eigenvalue weighted by molar-refractivity contribution is 7.15. The summed E-state index contributed by atoms with van der Waals surface area (Å²) < 4.78 is 5.03. The first-order valence-electron chi connectivity index (χ1n) is 5.17. The number of carbonyl (C=O) groups excluding carboxylic acids is 1. The van der Waals surface area contributed by atoms with Crippen LogP contribution < -0.4 is 11.1 Å². The first kappa shape index (κ1) is 13.1. The van der Waals surface area contributed by atoms with E-state index >= 15 is 0 Å². The summed E-state index contributed by atoms with van der Waals surface area (Å²) in [7, 11) is 1.55. The number of aryl methyl sites for hydroxylation is 1. The summed E-state index contributed by atoms with van der Waals surface area (Å²) in [5, 5.41) is 3.36. The third-order valence-electron chi connectivity index (χ3n) is 2.16. The van der Waals surface area contributed by atoms with Gasteiger partial charge in [0.2, 0.25) is 5.91 Å². The summed E-state index contributed by atoms with van der Waals surface area (Å²) in [6.45, 7) is 2.39. The zero-order valence-electron chi connectivity index (χ0n) is 9.53. The largest absolute Gasteiger partial charge is 0.380 e. The molecule has 0 spiro atoms. The van der Waals surface area contributed by atoms with Crippen LogP contribution in [0.5, 0.6) is 0 Å². The molecular weight excluding hydrogens is 226 g/mol. The molecule has 1 aromatic rings. The number of hydrogen-bond donors (Lipinski definition) is 2. The van der Waals surface area contributed by atoms with Gasteiger partial charge in [0.05, 0.1) is 12.5 Å². The maximum atomic E-state index is 11.6. The van der Waals surface area contributed by atoms with Gasteiger partial charge in [0.15, 0.2) is 5.13 Å². The van der Waals surface area contributed by atoms with Crippen molar-refractivity contribution < 1.29 is 9.53 Å². The second-order valence-corrected chi connectivity index (χ2v) is 4.45. The Morgan fingerprint density at radius 2 is 2.50 bits per heavy atom. The highest BCUT2D eigenvalue weighted by Gasteiger charge is 2.12. The Hall–Kier alpha value is -0.980. The molecule has 16 heavy (non-hydrogen) atoms. The minimum absolute atomic E-state index is 0.116. The van der Waals surface area contributed by atoms with Crippen molar-refractivity contribution >= 4 is 22.4 Å². The van der Waals surface area contributed by atoms with Gasteiger partial charge in [-0.05, 0) is 6.42 Å². The van der Waals surface area contributed by atoms with Crippen molar-refractivity contribution in [3.8, 4) is 0 Å². The molecule has 1 unspecified atom stereocenters. The van der Waals surface area contributed by atoms with Crippen LogP contribution in [0.1, 0.15) is 18.2 Å². The molecule has 0 saturated heterocycles. The molecule has 0 aliphatic carbocycles. The lowest BCUT2D eigenvalue weighted by Crippen LogP contribution is -2.28. The third-order valence-corrected chi connectivity index (χ3v) is 3.21. The first-order chi connectivity index (χ1) is 7.69. The SMILES string of the molecule is CCc1cnc(NC(=O)CC(CN)OC)s1. The van der Waals surface area contributed by atoms with Crippen LogP contribution in [0.25, 0.3) is 0 Å². The average molecular weight is 243 g/mol. The van der Waals surface area contributed by atoms with E-state index in [1.807, 2.05) is 0 Å². The monoisotopic (exact) mass is 243 g/mol. The van der Waals surface area contributed by atoms with Gasteiger partial charge in [-0.2, -0.15) is 0 Å². The molecule has 0 aliphatic rings. The summed E-state index contributed by atoms with van der Waals surface area (Å²) in [5.74, 6) is -0.116. The molecule has 1 aromatic heterocycles. The summed E-state index contributed by atoms with van der Waals surface area (Å²) in [4.78, 5) is 16.8. The first-order valence-corrected chi connectivity index (χ1v) is 5.98. The molecule has 0 fully saturated rings. The number of anilines is 1. The normalized spacial score (nSPS) is 12.4. The maximum Gasteiger partial charge on any atom is 0.228 e. The molecule has 1 atom stereocenters. The summed E-state index contributed by atoms with van der Waals surface area (Å²) >= 11 is 1.49. The van der Waals surface area contributed by atoms with E-state index < -0.39 is 0 Å². The number of rotatable bonds is 6. The van der Waals surface area contributed by atoms with E-state index in [-0.39, 0.29) is 18.4 Å². The Morgan fingerprint density at radius 1 is 1.75 bits per heavy atom. The fourth-order valence-corrected chi connectivity index (χ4v) is 1.94. The van der Waals surface area contributed by atoms with E-state index in [1.54, 1.807) is 13.3 Å². The van der Waals surface area contributed by atoms with Crippen molar-refractivity contribution in [2.24, 2.45) is 5.73 Å². The van der Waals surface area contributed by atoms with Gasteiger partial charge in [-0.15, -0.1) is 11.3 Å². The number of amides is 1. The molecule has 5 nitrogen and oxygen atoms in total. The lowest BCUT2D eigenvalue weighted by Gasteiger charge is -2.11. The van der Waals surface area contributed by atoms with Crippen molar-refractivity contribution in [3.63, 3.8) is 0 Å². The predicted octanol–water partition coefficient (Wildman–Crippen LogP) is 1.01. The second kappa shape index (κ2) is 6.57. The molecule has 0 bridgehead atoms. The average Bonchev–Trinajstić information content (AvgIpc) is 2.73. The Balaban J connectivity index is 2.44. The maximum absolute atomic E-state index is 11.6. The lowest BCUT2D eigenvalue weighted by molar-refractivity contribution is -0.118. The lowest BCUT2D eigenvalue weighted by atomic mass is 10.2. The molecule has 0 aliphatic heterocycles. The Bertz CT molecular complexity index is 337. The van der Waals surface area contributed by atoms with Gasteiger partial charge in [-0.25, -0.2) is 4.98 Å². The highest BCUT2D eigenvalue weighted by atomic mass is 32.1. The summed E-state index contributed by atoms with van der Waals surface area (Å²) in [5.41, 5.74) is 5.43. The molecule has 6 heteroatoms. The molecule has 1 rings (SSSR count). The summed E-state index contributed by atoms with van der Waals surface area (Å²) in [6, 6.07) is 0. The Kier molecular flexibility index (Phi) is 5.37. The number of nitrogens with one attached hydrogen (secondary N) is 1. The molecule has 0 saturated carbocycles. The fraction of sp³-hybridized carbons (Fsp3) is 0.600. The summed E-state index contributed by atoms with van der Waals surface area (Å²) in [6.07, 6.45) is 2.73. The van der Waals surface area contributed by atoms with Crippen LogP contribution in [0.3, 0.4) is 0 Å². The number of hydrogen-bond acceptors (Lipinski definition) is 5. The third kappa shape index (κ3) is 3.88. The Morgan fingerprint density at radius 3 is 3.00 bits per heavy atom. The number of nitrogens with zero attached hydrogens (tertiary/aromatic N) is 1. The zero-order valence-corrected chi connectivity index (χ0v) is 10.3.